The number of nitrogens with zero attached hydrogens (tertiary/aromatic N) is 6. The van der Waals surface area contributed by atoms with E-state index in [2.05, 4.69) is 44.2 Å². The Morgan fingerprint density at radius 2 is 1.91 bits per heavy atom. The van der Waals surface area contributed by atoms with Gasteiger partial charge in [-0.25, -0.2) is 4.98 Å². The topological polar surface area (TPSA) is 78.6 Å². The van der Waals surface area contributed by atoms with E-state index in [4.69, 9.17) is 9.51 Å². The molecule has 2 aliphatic heterocycles. The summed E-state index contributed by atoms with van der Waals surface area (Å²) in [6.07, 6.45) is 3.94. The Morgan fingerprint density at radius 3 is 2.69 bits per heavy atom. The molecule has 0 radical (unpaired) electrons. The molecule has 0 unspecified atom stereocenters. The first-order chi connectivity index (χ1) is 15.7. The van der Waals surface area contributed by atoms with Gasteiger partial charge in [-0.3, -0.25) is 9.69 Å². The lowest BCUT2D eigenvalue weighted by atomic mass is 10.2. The van der Waals surface area contributed by atoms with Crippen LogP contribution in [0, 0.1) is 0 Å². The molecule has 0 aliphatic carbocycles. The molecule has 1 aromatic carbocycles. The zero-order valence-corrected chi connectivity index (χ0v) is 18.4. The van der Waals surface area contributed by atoms with E-state index < -0.39 is 0 Å². The third kappa shape index (κ3) is 4.36. The van der Waals surface area contributed by atoms with Gasteiger partial charge in [-0.15, -0.1) is 0 Å². The van der Waals surface area contributed by atoms with Crippen molar-refractivity contribution in [1.82, 2.24) is 24.9 Å². The SMILES string of the molecule is CC(=O)N1CCN(c2cc(-c3noc([C@@H]4CCCN4Cc4ccccc4)n3)ccn2)CC1. The molecule has 0 saturated carbocycles. The van der Waals surface area contributed by atoms with E-state index in [1.165, 1.54) is 5.56 Å². The molecular weight excluding hydrogens is 404 g/mol. The number of rotatable bonds is 5. The molecular formula is C24H28N6O2. The zero-order chi connectivity index (χ0) is 21.9. The van der Waals surface area contributed by atoms with E-state index >= 15 is 0 Å². The minimum atomic E-state index is 0.124. The molecule has 4 heterocycles. The smallest absolute Gasteiger partial charge is 0.244 e. The lowest BCUT2D eigenvalue weighted by molar-refractivity contribution is -0.129. The van der Waals surface area contributed by atoms with Gasteiger partial charge in [-0.05, 0) is 37.1 Å². The number of amides is 1. The summed E-state index contributed by atoms with van der Waals surface area (Å²) in [7, 11) is 0. The van der Waals surface area contributed by atoms with Gasteiger partial charge in [0.1, 0.15) is 5.82 Å². The van der Waals surface area contributed by atoms with Crippen LogP contribution in [0.25, 0.3) is 11.4 Å². The largest absolute Gasteiger partial charge is 0.353 e. The molecule has 166 valence electrons. The van der Waals surface area contributed by atoms with Gasteiger partial charge >= 0.3 is 0 Å². The maximum Gasteiger partial charge on any atom is 0.244 e. The summed E-state index contributed by atoms with van der Waals surface area (Å²) in [6, 6.07) is 14.6. The predicted molar refractivity (Wildman–Crippen MR) is 121 cm³/mol. The average molecular weight is 433 g/mol. The van der Waals surface area contributed by atoms with Gasteiger partial charge in [0.2, 0.25) is 17.6 Å². The van der Waals surface area contributed by atoms with Crippen LogP contribution in [0.1, 0.15) is 37.3 Å². The molecule has 3 aromatic rings. The Labute approximate surface area is 187 Å². The van der Waals surface area contributed by atoms with E-state index in [-0.39, 0.29) is 11.9 Å². The number of likely N-dealkylation sites (tertiary alicyclic amines) is 1. The van der Waals surface area contributed by atoms with Gasteiger partial charge in [-0.2, -0.15) is 4.98 Å². The summed E-state index contributed by atoms with van der Waals surface area (Å²) >= 11 is 0. The fourth-order valence-corrected chi connectivity index (χ4v) is 4.58. The molecule has 2 aliphatic rings. The maximum absolute atomic E-state index is 11.6. The molecule has 8 nitrogen and oxygen atoms in total. The van der Waals surface area contributed by atoms with Gasteiger partial charge in [0.05, 0.1) is 6.04 Å². The fourth-order valence-electron chi connectivity index (χ4n) is 4.58. The molecule has 2 saturated heterocycles. The van der Waals surface area contributed by atoms with Crippen LogP contribution in [0.5, 0.6) is 0 Å². The highest BCUT2D eigenvalue weighted by Crippen LogP contribution is 2.33. The lowest BCUT2D eigenvalue weighted by Gasteiger charge is -2.34. The molecule has 1 amide bonds. The first-order valence-corrected chi connectivity index (χ1v) is 11.3. The van der Waals surface area contributed by atoms with E-state index in [1.54, 1.807) is 13.1 Å². The Kier molecular flexibility index (Phi) is 5.85. The summed E-state index contributed by atoms with van der Waals surface area (Å²) in [6.45, 7) is 6.50. The van der Waals surface area contributed by atoms with E-state index in [9.17, 15) is 4.79 Å². The van der Waals surface area contributed by atoms with Crippen LogP contribution in [0.2, 0.25) is 0 Å². The molecule has 2 aromatic heterocycles. The molecule has 32 heavy (non-hydrogen) atoms. The second kappa shape index (κ2) is 9.08. The van der Waals surface area contributed by atoms with E-state index in [0.717, 1.165) is 50.4 Å². The number of carbonyl (C=O) groups is 1. The number of hydrogen-bond donors (Lipinski definition) is 0. The highest BCUT2D eigenvalue weighted by atomic mass is 16.5. The quantitative estimate of drug-likeness (QED) is 0.613. The lowest BCUT2D eigenvalue weighted by Crippen LogP contribution is -2.48. The Bertz CT molecular complexity index is 1060. The Balaban J connectivity index is 1.29. The molecule has 0 spiro atoms. The summed E-state index contributed by atoms with van der Waals surface area (Å²) in [5, 5.41) is 4.28. The molecule has 8 heteroatoms. The number of pyridine rings is 1. The summed E-state index contributed by atoms with van der Waals surface area (Å²) in [5.41, 5.74) is 2.19. The summed E-state index contributed by atoms with van der Waals surface area (Å²) in [4.78, 5) is 27.3. The first-order valence-electron chi connectivity index (χ1n) is 11.3. The van der Waals surface area contributed by atoms with Gasteiger partial charge in [0.15, 0.2) is 0 Å². The Morgan fingerprint density at radius 1 is 1.09 bits per heavy atom. The number of anilines is 1. The van der Waals surface area contributed by atoms with Gasteiger partial charge in [-0.1, -0.05) is 35.5 Å². The number of carbonyl (C=O) groups excluding carboxylic acids is 1. The van der Waals surface area contributed by atoms with Gasteiger partial charge in [0, 0.05) is 51.4 Å². The molecule has 1 atom stereocenters. The normalized spacial score (nSPS) is 19.5. The highest BCUT2D eigenvalue weighted by Gasteiger charge is 2.31. The number of hydrogen-bond acceptors (Lipinski definition) is 7. The van der Waals surface area contributed by atoms with Crippen LogP contribution in [0.3, 0.4) is 0 Å². The molecule has 2 fully saturated rings. The van der Waals surface area contributed by atoms with Crippen molar-refractivity contribution in [1.29, 1.82) is 0 Å². The van der Waals surface area contributed by atoms with Crippen molar-refractivity contribution in [2.24, 2.45) is 0 Å². The predicted octanol–water partition coefficient (Wildman–Crippen LogP) is 3.14. The first kappa shape index (κ1) is 20.6. The highest BCUT2D eigenvalue weighted by molar-refractivity contribution is 5.73. The number of piperazine rings is 1. The second-order valence-corrected chi connectivity index (χ2v) is 8.47. The maximum atomic E-state index is 11.6. The monoisotopic (exact) mass is 432 g/mol. The van der Waals surface area contributed by atoms with Crippen LogP contribution < -0.4 is 4.90 Å². The summed E-state index contributed by atoms with van der Waals surface area (Å²) < 4.78 is 5.72. The average Bonchev–Trinajstić information content (AvgIpc) is 3.49. The fraction of sp³-hybridized carbons (Fsp3) is 0.417. The van der Waals surface area contributed by atoms with Crippen molar-refractivity contribution >= 4 is 11.7 Å². The van der Waals surface area contributed by atoms with Crippen LogP contribution in [-0.2, 0) is 11.3 Å². The van der Waals surface area contributed by atoms with Crippen molar-refractivity contribution in [2.75, 3.05) is 37.6 Å². The third-order valence-corrected chi connectivity index (χ3v) is 6.37. The van der Waals surface area contributed by atoms with Crippen LogP contribution >= 0.6 is 0 Å². The Hall–Kier alpha value is -3.26. The van der Waals surface area contributed by atoms with Crippen LogP contribution in [0.4, 0.5) is 5.82 Å². The standard InChI is InChI=1S/C24H28N6O2/c1-18(31)28-12-14-29(15-13-28)22-16-20(9-10-25-22)23-26-24(32-27-23)21-8-5-11-30(21)17-19-6-3-2-4-7-19/h2-4,6-7,9-10,16,21H,5,8,11-15,17H2,1H3/t21-/m0/s1. The number of benzene rings is 1. The van der Waals surface area contributed by atoms with Crippen LogP contribution in [0.15, 0.2) is 53.2 Å². The molecule has 0 bridgehead atoms. The minimum absolute atomic E-state index is 0.124. The second-order valence-electron chi connectivity index (χ2n) is 8.47. The van der Waals surface area contributed by atoms with Crippen molar-refractivity contribution in [3.63, 3.8) is 0 Å². The van der Waals surface area contributed by atoms with Crippen molar-refractivity contribution in [3.8, 4) is 11.4 Å². The van der Waals surface area contributed by atoms with E-state index in [1.807, 2.05) is 23.1 Å². The van der Waals surface area contributed by atoms with Crippen molar-refractivity contribution < 1.29 is 9.32 Å². The van der Waals surface area contributed by atoms with Gasteiger partial charge < -0.3 is 14.3 Å². The number of aromatic nitrogens is 3. The van der Waals surface area contributed by atoms with Crippen LogP contribution in [-0.4, -0.2) is 63.6 Å². The molecule has 0 N–H and O–H groups in total. The van der Waals surface area contributed by atoms with Gasteiger partial charge in [0.25, 0.3) is 0 Å². The zero-order valence-electron chi connectivity index (χ0n) is 18.4. The minimum Gasteiger partial charge on any atom is -0.353 e. The third-order valence-electron chi connectivity index (χ3n) is 6.37. The van der Waals surface area contributed by atoms with Crippen molar-refractivity contribution in [2.45, 2.75) is 32.4 Å². The summed E-state index contributed by atoms with van der Waals surface area (Å²) in [5.74, 6) is 2.28. The van der Waals surface area contributed by atoms with Crippen molar-refractivity contribution in [3.05, 3.63) is 60.1 Å². The molecule has 5 rings (SSSR count). The van der Waals surface area contributed by atoms with E-state index in [0.29, 0.717) is 24.8 Å².